The summed E-state index contributed by atoms with van der Waals surface area (Å²) in [5.74, 6) is -1.27. The molecule has 0 bridgehead atoms. The van der Waals surface area contributed by atoms with E-state index >= 15 is 0 Å². The summed E-state index contributed by atoms with van der Waals surface area (Å²) in [4.78, 5) is 19.9. The zero-order chi connectivity index (χ0) is 19.7. The van der Waals surface area contributed by atoms with E-state index < -0.39 is 11.6 Å². The van der Waals surface area contributed by atoms with E-state index in [1.54, 1.807) is 4.90 Å². The van der Waals surface area contributed by atoms with Crippen molar-refractivity contribution in [1.82, 2.24) is 4.90 Å². The van der Waals surface area contributed by atoms with Crippen LogP contribution in [0.1, 0.15) is 36.0 Å². The van der Waals surface area contributed by atoms with Gasteiger partial charge in [0.15, 0.2) is 6.10 Å². The van der Waals surface area contributed by atoms with Gasteiger partial charge < -0.3 is 9.74 Å². The van der Waals surface area contributed by atoms with Crippen LogP contribution in [0.25, 0.3) is 0 Å². The molecular formula is C22H22F2N2O2. The summed E-state index contributed by atoms with van der Waals surface area (Å²) < 4.78 is 27.3. The van der Waals surface area contributed by atoms with Gasteiger partial charge in [0.25, 0.3) is 0 Å². The monoisotopic (exact) mass is 384 g/mol. The number of hydrogen-bond donors (Lipinski definition) is 0. The molecule has 146 valence electrons. The second-order valence-corrected chi connectivity index (χ2v) is 7.56. The van der Waals surface area contributed by atoms with Crippen LogP contribution < -0.4 is 0 Å². The molecule has 2 aliphatic rings. The van der Waals surface area contributed by atoms with Crippen molar-refractivity contribution in [2.24, 2.45) is 11.1 Å². The standard InChI is InChI=1S/C22H22F2N2O2/c1-14-2-4-15(5-3-14)21-11-19(28-25-21)13-26(22(27)16-6-7-16)12-17-8-9-18(23)10-20(17)24/h2-5,8-10,16,19H,6-7,11-13H2,1H3/t19-/m1/s1. The normalized spacial score (nSPS) is 18.5. The van der Waals surface area contributed by atoms with Crippen molar-refractivity contribution in [2.75, 3.05) is 6.54 Å². The lowest BCUT2D eigenvalue weighted by atomic mass is 10.0. The summed E-state index contributed by atoms with van der Waals surface area (Å²) in [5, 5.41) is 4.18. The van der Waals surface area contributed by atoms with Crippen LogP contribution in [-0.2, 0) is 16.2 Å². The average molecular weight is 384 g/mol. The lowest BCUT2D eigenvalue weighted by Crippen LogP contribution is -2.38. The molecule has 2 aromatic carbocycles. The molecule has 1 fully saturated rings. The van der Waals surface area contributed by atoms with Gasteiger partial charge in [-0.25, -0.2) is 8.78 Å². The second-order valence-electron chi connectivity index (χ2n) is 7.56. The van der Waals surface area contributed by atoms with Gasteiger partial charge in [-0.3, -0.25) is 4.79 Å². The Morgan fingerprint density at radius 3 is 2.61 bits per heavy atom. The van der Waals surface area contributed by atoms with Gasteiger partial charge in [-0.05, 0) is 31.4 Å². The molecule has 0 unspecified atom stereocenters. The first-order chi connectivity index (χ1) is 13.5. The molecule has 1 amide bonds. The van der Waals surface area contributed by atoms with Crippen LogP contribution in [0.3, 0.4) is 0 Å². The zero-order valence-corrected chi connectivity index (χ0v) is 15.7. The Hall–Kier alpha value is -2.76. The van der Waals surface area contributed by atoms with Crippen LogP contribution in [0.2, 0.25) is 0 Å². The van der Waals surface area contributed by atoms with E-state index in [1.165, 1.54) is 17.7 Å². The van der Waals surface area contributed by atoms with Crippen molar-refractivity contribution in [3.05, 3.63) is 70.8 Å². The van der Waals surface area contributed by atoms with Crippen molar-refractivity contribution in [1.29, 1.82) is 0 Å². The molecular weight excluding hydrogens is 362 g/mol. The second kappa shape index (κ2) is 7.70. The predicted molar refractivity (Wildman–Crippen MR) is 102 cm³/mol. The Balaban J connectivity index is 1.44. The molecule has 0 spiro atoms. The van der Waals surface area contributed by atoms with Crippen LogP contribution in [0, 0.1) is 24.5 Å². The minimum atomic E-state index is -0.641. The number of aryl methyl sites for hydroxylation is 1. The summed E-state index contributed by atoms with van der Waals surface area (Å²) >= 11 is 0. The molecule has 28 heavy (non-hydrogen) atoms. The van der Waals surface area contributed by atoms with Gasteiger partial charge in [-0.1, -0.05) is 41.1 Å². The number of halogens is 2. The summed E-state index contributed by atoms with van der Waals surface area (Å²) in [6.07, 6.45) is 2.03. The fourth-order valence-corrected chi connectivity index (χ4v) is 3.36. The van der Waals surface area contributed by atoms with E-state index in [1.807, 2.05) is 31.2 Å². The lowest BCUT2D eigenvalue weighted by Gasteiger charge is -2.25. The van der Waals surface area contributed by atoms with Crippen molar-refractivity contribution in [3.8, 4) is 0 Å². The first-order valence-corrected chi connectivity index (χ1v) is 9.52. The number of hydrogen-bond acceptors (Lipinski definition) is 3. The Bertz CT molecular complexity index is 907. The van der Waals surface area contributed by atoms with Crippen molar-refractivity contribution in [3.63, 3.8) is 0 Å². The van der Waals surface area contributed by atoms with E-state index in [9.17, 15) is 13.6 Å². The third kappa shape index (κ3) is 4.21. The van der Waals surface area contributed by atoms with Gasteiger partial charge in [-0.2, -0.15) is 0 Å². The highest BCUT2D eigenvalue weighted by atomic mass is 19.1. The fraction of sp³-hybridized carbons (Fsp3) is 0.364. The number of carbonyl (C=O) groups excluding carboxylic acids is 1. The minimum Gasteiger partial charge on any atom is -0.390 e. The molecule has 6 heteroatoms. The van der Waals surface area contributed by atoms with Crippen molar-refractivity contribution in [2.45, 2.75) is 38.8 Å². The van der Waals surface area contributed by atoms with Gasteiger partial charge in [0.2, 0.25) is 5.91 Å². The predicted octanol–water partition coefficient (Wildman–Crippen LogP) is 4.21. The number of oxime groups is 1. The van der Waals surface area contributed by atoms with E-state index in [-0.39, 0.29) is 24.5 Å². The molecule has 4 nitrogen and oxygen atoms in total. The third-order valence-electron chi connectivity index (χ3n) is 5.16. The molecule has 1 heterocycles. The molecule has 0 saturated heterocycles. The van der Waals surface area contributed by atoms with Crippen LogP contribution >= 0.6 is 0 Å². The average Bonchev–Trinajstić information content (AvgIpc) is 3.42. The van der Waals surface area contributed by atoms with Crippen LogP contribution in [0.5, 0.6) is 0 Å². The highest BCUT2D eigenvalue weighted by Gasteiger charge is 2.36. The largest absolute Gasteiger partial charge is 0.390 e. The number of benzene rings is 2. The fourth-order valence-electron chi connectivity index (χ4n) is 3.36. The smallest absolute Gasteiger partial charge is 0.226 e. The first kappa shape index (κ1) is 18.6. The Labute approximate surface area is 162 Å². The molecule has 1 atom stereocenters. The van der Waals surface area contributed by atoms with Crippen molar-refractivity contribution < 1.29 is 18.4 Å². The SMILES string of the molecule is Cc1ccc(C2=NO[C@@H](CN(Cc3ccc(F)cc3F)C(=O)C3CC3)C2)cc1. The number of nitrogens with zero attached hydrogens (tertiary/aromatic N) is 2. The topological polar surface area (TPSA) is 41.9 Å². The van der Waals surface area contributed by atoms with E-state index in [2.05, 4.69) is 5.16 Å². The van der Waals surface area contributed by atoms with Crippen LogP contribution in [-0.4, -0.2) is 29.2 Å². The molecule has 0 N–H and O–H groups in total. The van der Waals surface area contributed by atoms with Crippen molar-refractivity contribution >= 4 is 11.6 Å². The minimum absolute atomic E-state index is 0.00222. The molecule has 1 saturated carbocycles. The van der Waals surface area contributed by atoms with Gasteiger partial charge in [0.1, 0.15) is 11.6 Å². The van der Waals surface area contributed by atoms with Crippen LogP contribution in [0.15, 0.2) is 47.6 Å². The van der Waals surface area contributed by atoms with Gasteiger partial charge in [0, 0.05) is 30.5 Å². The molecule has 0 aromatic heterocycles. The maximum Gasteiger partial charge on any atom is 0.226 e. The van der Waals surface area contributed by atoms with Gasteiger partial charge >= 0.3 is 0 Å². The lowest BCUT2D eigenvalue weighted by molar-refractivity contribution is -0.135. The summed E-state index contributed by atoms with van der Waals surface area (Å²) in [7, 11) is 0. The summed E-state index contributed by atoms with van der Waals surface area (Å²) in [6, 6.07) is 11.5. The highest BCUT2D eigenvalue weighted by Crippen LogP contribution is 2.32. The number of carbonyl (C=O) groups is 1. The number of rotatable bonds is 6. The van der Waals surface area contributed by atoms with Gasteiger partial charge in [-0.15, -0.1) is 0 Å². The molecule has 2 aromatic rings. The zero-order valence-electron chi connectivity index (χ0n) is 15.7. The first-order valence-electron chi connectivity index (χ1n) is 9.52. The Morgan fingerprint density at radius 2 is 1.93 bits per heavy atom. The van der Waals surface area contributed by atoms with Gasteiger partial charge in [0.05, 0.1) is 12.3 Å². The molecule has 1 aliphatic heterocycles. The van der Waals surface area contributed by atoms with E-state index in [0.717, 1.165) is 30.2 Å². The van der Waals surface area contributed by atoms with Crippen LogP contribution in [0.4, 0.5) is 8.78 Å². The maximum atomic E-state index is 14.1. The Kier molecular flexibility index (Phi) is 5.11. The molecule has 0 radical (unpaired) electrons. The van der Waals surface area contributed by atoms with E-state index in [0.29, 0.717) is 18.5 Å². The maximum absolute atomic E-state index is 14.1. The highest BCUT2D eigenvalue weighted by molar-refractivity contribution is 6.01. The molecule has 4 rings (SSSR count). The Morgan fingerprint density at radius 1 is 1.18 bits per heavy atom. The summed E-state index contributed by atoms with van der Waals surface area (Å²) in [6.45, 7) is 2.45. The number of amides is 1. The third-order valence-corrected chi connectivity index (χ3v) is 5.16. The van der Waals surface area contributed by atoms with E-state index in [4.69, 9.17) is 4.84 Å². The summed E-state index contributed by atoms with van der Waals surface area (Å²) in [5.41, 5.74) is 3.31. The molecule has 1 aliphatic carbocycles. The quantitative estimate of drug-likeness (QED) is 0.749.